The van der Waals surface area contributed by atoms with Crippen LogP contribution in [0.5, 0.6) is 0 Å². The molecule has 6 heteroatoms. The van der Waals surface area contributed by atoms with Gasteiger partial charge in [0.2, 0.25) is 0 Å². The van der Waals surface area contributed by atoms with E-state index in [1.54, 1.807) is 12.1 Å². The van der Waals surface area contributed by atoms with Crippen LogP contribution in [-0.2, 0) is 6.42 Å². The Labute approximate surface area is 124 Å². The highest BCUT2D eigenvalue weighted by Crippen LogP contribution is 2.26. The van der Waals surface area contributed by atoms with Crippen molar-refractivity contribution in [2.45, 2.75) is 12.5 Å². The van der Waals surface area contributed by atoms with E-state index in [2.05, 4.69) is 26.3 Å². The number of hydrazine groups is 1. The fourth-order valence-corrected chi connectivity index (χ4v) is 2.55. The molecule has 19 heavy (non-hydrogen) atoms. The van der Waals surface area contributed by atoms with Crippen LogP contribution in [0.15, 0.2) is 41.0 Å². The van der Waals surface area contributed by atoms with Gasteiger partial charge in [0.1, 0.15) is 5.82 Å². The third-order valence-corrected chi connectivity index (χ3v) is 3.60. The molecule has 0 saturated heterocycles. The van der Waals surface area contributed by atoms with Gasteiger partial charge in [-0.25, -0.2) is 4.39 Å². The summed E-state index contributed by atoms with van der Waals surface area (Å²) in [4.78, 5) is 4.02. The van der Waals surface area contributed by atoms with Gasteiger partial charge in [-0.15, -0.1) is 0 Å². The Hall–Kier alpha value is -1.01. The smallest absolute Gasteiger partial charge is 0.146 e. The van der Waals surface area contributed by atoms with Crippen molar-refractivity contribution in [2.75, 3.05) is 0 Å². The molecule has 1 unspecified atom stereocenters. The summed E-state index contributed by atoms with van der Waals surface area (Å²) in [6, 6.07) is 8.01. The van der Waals surface area contributed by atoms with Gasteiger partial charge >= 0.3 is 0 Å². The highest BCUT2D eigenvalue weighted by atomic mass is 79.9. The molecule has 0 saturated carbocycles. The molecular formula is C13H12BrClFN3. The minimum Gasteiger partial charge on any atom is -0.271 e. The minimum absolute atomic E-state index is 0.281. The molecule has 3 N–H and O–H groups in total. The minimum atomic E-state index is -0.431. The average Bonchev–Trinajstić information content (AvgIpc) is 2.39. The summed E-state index contributed by atoms with van der Waals surface area (Å²) in [6.45, 7) is 0. The second-order valence-corrected chi connectivity index (χ2v) is 5.35. The van der Waals surface area contributed by atoms with Crippen molar-refractivity contribution >= 4 is 27.5 Å². The highest BCUT2D eigenvalue weighted by Gasteiger charge is 2.17. The van der Waals surface area contributed by atoms with E-state index in [1.807, 2.05) is 12.1 Å². The molecule has 100 valence electrons. The van der Waals surface area contributed by atoms with Gasteiger partial charge in [-0.2, -0.15) is 0 Å². The van der Waals surface area contributed by atoms with Crippen LogP contribution in [0, 0.1) is 5.82 Å². The van der Waals surface area contributed by atoms with E-state index in [4.69, 9.17) is 17.4 Å². The van der Waals surface area contributed by atoms with Crippen molar-refractivity contribution in [1.29, 1.82) is 0 Å². The summed E-state index contributed by atoms with van der Waals surface area (Å²) in [7, 11) is 0. The molecule has 0 bridgehead atoms. The standard InChI is InChI=1S/C13H12BrClFN3/c14-9-4-3-8(10(15)7-9)6-12(19-17)13-11(16)2-1-5-18-13/h1-5,7,12,19H,6,17H2. The SMILES string of the molecule is NNC(Cc1ccc(Br)cc1Cl)c1ncccc1F. The monoisotopic (exact) mass is 343 g/mol. The number of halogens is 3. The zero-order chi connectivity index (χ0) is 13.8. The van der Waals surface area contributed by atoms with Crippen molar-refractivity contribution < 1.29 is 4.39 Å². The molecule has 0 radical (unpaired) electrons. The number of hydrogen-bond acceptors (Lipinski definition) is 3. The van der Waals surface area contributed by atoms with E-state index in [0.29, 0.717) is 11.4 Å². The number of hydrogen-bond donors (Lipinski definition) is 2. The maximum absolute atomic E-state index is 13.7. The lowest BCUT2D eigenvalue weighted by Gasteiger charge is -2.16. The first-order valence-corrected chi connectivity index (χ1v) is 6.79. The second-order valence-electron chi connectivity index (χ2n) is 4.03. The van der Waals surface area contributed by atoms with Gasteiger partial charge in [0.25, 0.3) is 0 Å². The molecule has 3 nitrogen and oxygen atoms in total. The second kappa shape index (κ2) is 6.43. The first kappa shape index (κ1) is 14.4. The Kier molecular flexibility index (Phi) is 4.87. The van der Waals surface area contributed by atoms with E-state index in [-0.39, 0.29) is 5.69 Å². The predicted molar refractivity (Wildman–Crippen MR) is 77.1 cm³/mol. The molecule has 1 atom stereocenters. The summed E-state index contributed by atoms with van der Waals surface area (Å²) in [5.74, 6) is 5.10. The number of rotatable bonds is 4. The van der Waals surface area contributed by atoms with E-state index in [1.165, 1.54) is 12.3 Å². The van der Waals surface area contributed by atoms with Crippen LogP contribution in [0.2, 0.25) is 5.02 Å². The zero-order valence-electron chi connectivity index (χ0n) is 9.91. The van der Waals surface area contributed by atoms with Crippen LogP contribution < -0.4 is 11.3 Å². The number of pyridine rings is 1. The summed E-state index contributed by atoms with van der Waals surface area (Å²) in [5, 5.41) is 0.603. The number of aromatic nitrogens is 1. The summed E-state index contributed by atoms with van der Waals surface area (Å²) in [6.07, 6.45) is 1.99. The largest absolute Gasteiger partial charge is 0.271 e. The van der Waals surface area contributed by atoms with Gasteiger partial charge < -0.3 is 0 Å². The van der Waals surface area contributed by atoms with Crippen molar-refractivity contribution in [3.05, 3.63) is 63.1 Å². The Bertz CT molecular complexity index is 580. The molecule has 2 aromatic rings. The van der Waals surface area contributed by atoms with Gasteiger partial charge in [-0.05, 0) is 36.2 Å². The zero-order valence-corrected chi connectivity index (χ0v) is 12.2. The van der Waals surface area contributed by atoms with Crippen LogP contribution in [-0.4, -0.2) is 4.98 Å². The first-order valence-electron chi connectivity index (χ1n) is 5.62. The molecule has 2 rings (SSSR count). The van der Waals surface area contributed by atoms with E-state index in [9.17, 15) is 4.39 Å². The lowest BCUT2D eigenvalue weighted by atomic mass is 10.0. The van der Waals surface area contributed by atoms with Crippen LogP contribution >= 0.6 is 27.5 Å². The average molecular weight is 345 g/mol. The summed E-state index contributed by atoms with van der Waals surface area (Å²) < 4.78 is 14.6. The maximum atomic E-state index is 13.7. The van der Waals surface area contributed by atoms with Crippen LogP contribution in [0.3, 0.4) is 0 Å². The molecule has 0 aliphatic rings. The Morgan fingerprint density at radius 1 is 1.42 bits per heavy atom. The van der Waals surface area contributed by atoms with Crippen molar-refractivity contribution in [3.63, 3.8) is 0 Å². The molecule has 1 aromatic carbocycles. The lowest BCUT2D eigenvalue weighted by molar-refractivity contribution is 0.495. The topological polar surface area (TPSA) is 50.9 Å². The fraction of sp³-hybridized carbons (Fsp3) is 0.154. The molecular weight excluding hydrogens is 333 g/mol. The molecule has 0 amide bonds. The van der Waals surface area contributed by atoms with Crippen molar-refractivity contribution in [1.82, 2.24) is 10.4 Å². The molecule has 1 aromatic heterocycles. The normalized spacial score (nSPS) is 12.4. The molecule has 1 heterocycles. The molecule has 0 aliphatic heterocycles. The van der Waals surface area contributed by atoms with E-state index >= 15 is 0 Å². The van der Waals surface area contributed by atoms with E-state index in [0.717, 1.165) is 10.0 Å². The lowest BCUT2D eigenvalue weighted by Crippen LogP contribution is -2.31. The number of nitrogens with one attached hydrogen (secondary N) is 1. The first-order chi connectivity index (χ1) is 9.11. The third-order valence-electron chi connectivity index (χ3n) is 2.76. The summed E-state index contributed by atoms with van der Waals surface area (Å²) >= 11 is 9.48. The Balaban J connectivity index is 2.27. The Morgan fingerprint density at radius 2 is 2.21 bits per heavy atom. The quantitative estimate of drug-likeness (QED) is 0.660. The Morgan fingerprint density at radius 3 is 2.84 bits per heavy atom. The highest BCUT2D eigenvalue weighted by molar-refractivity contribution is 9.10. The van der Waals surface area contributed by atoms with Crippen LogP contribution in [0.25, 0.3) is 0 Å². The van der Waals surface area contributed by atoms with Gasteiger partial charge in [0.15, 0.2) is 0 Å². The number of benzene rings is 1. The maximum Gasteiger partial charge on any atom is 0.146 e. The van der Waals surface area contributed by atoms with Gasteiger partial charge in [0, 0.05) is 15.7 Å². The summed E-state index contributed by atoms with van der Waals surface area (Å²) in [5.41, 5.74) is 3.73. The molecule has 0 aliphatic carbocycles. The van der Waals surface area contributed by atoms with Crippen LogP contribution in [0.1, 0.15) is 17.3 Å². The number of nitrogens with two attached hydrogens (primary N) is 1. The third kappa shape index (κ3) is 3.51. The van der Waals surface area contributed by atoms with Crippen LogP contribution in [0.4, 0.5) is 4.39 Å². The van der Waals surface area contributed by atoms with Crippen molar-refractivity contribution in [2.24, 2.45) is 5.84 Å². The van der Waals surface area contributed by atoms with Crippen molar-refractivity contribution in [3.8, 4) is 0 Å². The van der Waals surface area contributed by atoms with Gasteiger partial charge in [-0.3, -0.25) is 16.3 Å². The predicted octanol–water partition coefficient (Wildman–Crippen LogP) is 3.38. The van der Waals surface area contributed by atoms with E-state index < -0.39 is 11.9 Å². The van der Waals surface area contributed by atoms with Gasteiger partial charge in [0.05, 0.1) is 11.7 Å². The van der Waals surface area contributed by atoms with Gasteiger partial charge in [-0.1, -0.05) is 33.6 Å². The molecule has 0 fully saturated rings. The fourth-order valence-electron chi connectivity index (χ4n) is 1.80. The number of nitrogens with zero attached hydrogens (tertiary/aromatic N) is 1. The molecule has 0 spiro atoms.